The molecule has 3 aromatic carbocycles. The Hall–Kier alpha value is -2.43. The molecule has 5 heteroatoms. The zero-order valence-corrected chi connectivity index (χ0v) is 15.8. The number of amides is 1. The summed E-state index contributed by atoms with van der Waals surface area (Å²) in [5.41, 5.74) is 0.757. The van der Waals surface area contributed by atoms with Gasteiger partial charge >= 0.3 is 0 Å². The number of ether oxygens (including phenoxy) is 1. The molecule has 0 spiro atoms. The average molecular weight is 384 g/mol. The summed E-state index contributed by atoms with van der Waals surface area (Å²) in [6, 6.07) is 24.7. The van der Waals surface area contributed by atoms with Gasteiger partial charge in [0.2, 0.25) is 0 Å². The Labute approximate surface area is 162 Å². The summed E-state index contributed by atoms with van der Waals surface area (Å²) >= 11 is 7.55. The van der Waals surface area contributed by atoms with Crippen molar-refractivity contribution >= 4 is 35.0 Å². The van der Waals surface area contributed by atoms with Crippen LogP contribution >= 0.6 is 23.4 Å². The third kappa shape index (κ3) is 5.04. The van der Waals surface area contributed by atoms with E-state index < -0.39 is 6.10 Å². The Morgan fingerprint density at radius 3 is 2.50 bits per heavy atom. The molecule has 0 aliphatic heterocycles. The first kappa shape index (κ1) is 18.4. The molecule has 0 aliphatic carbocycles. The van der Waals surface area contributed by atoms with Gasteiger partial charge in [0.05, 0.1) is 5.69 Å². The number of benzene rings is 3. The van der Waals surface area contributed by atoms with E-state index in [4.69, 9.17) is 16.3 Å². The lowest BCUT2D eigenvalue weighted by atomic mass is 10.3. The van der Waals surface area contributed by atoms with Crippen LogP contribution in [-0.4, -0.2) is 12.0 Å². The summed E-state index contributed by atoms with van der Waals surface area (Å²) in [7, 11) is 0. The molecule has 0 unspecified atom stereocenters. The number of hydrogen-bond acceptors (Lipinski definition) is 3. The van der Waals surface area contributed by atoms with Crippen molar-refractivity contribution in [2.24, 2.45) is 0 Å². The molecule has 3 nitrogen and oxygen atoms in total. The standard InChI is InChI=1S/C21H18ClNO2S/c1-15(25-17-9-7-8-16(22)14-17)21(24)23-19-12-5-6-13-20(19)26-18-10-3-2-4-11-18/h2-15H,1H3,(H,23,24)/t15-/m0/s1. The Morgan fingerprint density at radius 1 is 1.00 bits per heavy atom. The third-order valence-corrected chi connectivity index (χ3v) is 4.91. The van der Waals surface area contributed by atoms with Crippen LogP contribution in [0, 0.1) is 0 Å². The fourth-order valence-corrected chi connectivity index (χ4v) is 3.41. The van der Waals surface area contributed by atoms with Crippen molar-refractivity contribution in [2.75, 3.05) is 5.32 Å². The van der Waals surface area contributed by atoms with Gasteiger partial charge in [-0.25, -0.2) is 0 Å². The highest BCUT2D eigenvalue weighted by Crippen LogP contribution is 2.33. The number of halogens is 1. The van der Waals surface area contributed by atoms with Crippen LogP contribution in [0.1, 0.15) is 6.92 Å². The highest BCUT2D eigenvalue weighted by Gasteiger charge is 2.16. The van der Waals surface area contributed by atoms with Gasteiger partial charge in [0, 0.05) is 14.8 Å². The maximum absolute atomic E-state index is 12.5. The molecule has 3 rings (SSSR count). The third-order valence-electron chi connectivity index (χ3n) is 3.59. The molecule has 0 radical (unpaired) electrons. The fourth-order valence-electron chi connectivity index (χ4n) is 2.31. The first-order valence-electron chi connectivity index (χ1n) is 8.17. The molecular formula is C21H18ClNO2S. The molecule has 1 atom stereocenters. The number of anilines is 1. The maximum Gasteiger partial charge on any atom is 0.265 e. The summed E-state index contributed by atoms with van der Waals surface area (Å²) in [5, 5.41) is 3.52. The highest BCUT2D eigenvalue weighted by atomic mass is 35.5. The zero-order valence-electron chi connectivity index (χ0n) is 14.2. The van der Waals surface area contributed by atoms with Crippen LogP contribution < -0.4 is 10.1 Å². The molecule has 26 heavy (non-hydrogen) atoms. The van der Waals surface area contributed by atoms with E-state index in [1.54, 1.807) is 43.0 Å². The molecule has 1 N–H and O–H groups in total. The molecular weight excluding hydrogens is 366 g/mol. The molecule has 132 valence electrons. The summed E-state index contributed by atoms with van der Waals surface area (Å²) in [5.74, 6) is 0.346. The van der Waals surface area contributed by atoms with Crippen LogP contribution in [0.2, 0.25) is 5.02 Å². The highest BCUT2D eigenvalue weighted by molar-refractivity contribution is 7.99. The number of carbonyl (C=O) groups is 1. The molecule has 0 saturated carbocycles. The van der Waals surface area contributed by atoms with Gasteiger partial charge in [0.1, 0.15) is 5.75 Å². The average Bonchev–Trinajstić information content (AvgIpc) is 2.64. The predicted octanol–water partition coefficient (Wildman–Crippen LogP) is 5.90. The minimum Gasteiger partial charge on any atom is -0.481 e. The van der Waals surface area contributed by atoms with Crippen LogP contribution in [0.25, 0.3) is 0 Å². The van der Waals surface area contributed by atoms with Crippen LogP contribution in [-0.2, 0) is 4.79 Å². The van der Waals surface area contributed by atoms with E-state index in [1.807, 2.05) is 54.6 Å². The smallest absolute Gasteiger partial charge is 0.265 e. The SMILES string of the molecule is C[C@H](Oc1cccc(Cl)c1)C(=O)Nc1ccccc1Sc1ccccc1. The molecule has 1 amide bonds. The van der Waals surface area contributed by atoms with Gasteiger partial charge < -0.3 is 10.1 Å². The number of para-hydroxylation sites is 1. The van der Waals surface area contributed by atoms with E-state index in [2.05, 4.69) is 5.32 Å². The van der Waals surface area contributed by atoms with Crippen molar-refractivity contribution in [2.45, 2.75) is 22.8 Å². The number of carbonyl (C=O) groups excluding carboxylic acids is 1. The van der Waals surface area contributed by atoms with Crippen molar-refractivity contribution in [1.29, 1.82) is 0 Å². The van der Waals surface area contributed by atoms with Crippen LogP contribution in [0.4, 0.5) is 5.69 Å². The second-order valence-electron chi connectivity index (χ2n) is 5.62. The number of nitrogens with one attached hydrogen (secondary N) is 1. The molecule has 0 aromatic heterocycles. The topological polar surface area (TPSA) is 38.3 Å². The van der Waals surface area contributed by atoms with Crippen LogP contribution in [0.3, 0.4) is 0 Å². The molecule has 0 heterocycles. The quantitative estimate of drug-likeness (QED) is 0.576. The Bertz CT molecular complexity index is 886. The minimum absolute atomic E-state index is 0.217. The lowest BCUT2D eigenvalue weighted by Gasteiger charge is -2.16. The van der Waals surface area contributed by atoms with E-state index >= 15 is 0 Å². The van der Waals surface area contributed by atoms with Crippen LogP contribution in [0.15, 0.2) is 88.7 Å². The summed E-state index contributed by atoms with van der Waals surface area (Å²) in [4.78, 5) is 14.6. The van der Waals surface area contributed by atoms with E-state index in [0.29, 0.717) is 10.8 Å². The minimum atomic E-state index is -0.650. The molecule has 0 bridgehead atoms. The monoisotopic (exact) mass is 383 g/mol. The van der Waals surface area contributed by atoms with Gasteiger partial charge in [0.25, 0.3) is 5.91 Å². The van der Waals surface area contributed by atoms with Gasteiger partial charge in [-0.2, -0.15) is 0 Å². The lowest BCUT2D eigenvalue weighted by Crippen LogP contribution is -2.30. The summed E-state index contributed by atoms with van der Waals surface area (Å²) in [6.45, 7) is 1.71. The molecule has 0 aliphatic rings. The van der Waals surface area contributed by atoms with Crippen molar-refractivity contribution in [1.82, 2.24) is 0 Å². The normalized spacial score (nSPS) is 11.6. The summed E-state index contributed by atoms with van der Waals surface area (Å²) < 4.78 is 5.68. The maximum atomic E-state index is 12.5. The van der Waals surface area contributed by atoms with Crippen LogP contribution in [0.5, 0.6) is 5.75 Å². The Kier molecular flexibility index (Phi) is 6.21. The first-order chi connectivity index (χ1) is 12.6. The molecule has 0 saturated heterocycles. The van der Waals surface area contributed by atoms with Crippen molar-refractivity contribution in [3.05, 3.63) is 83.9 Å². The molecule has 0 fully saturated rings. The Morgan fingerprint density at radius 2 is 1.73 bits per heavy atom. The lowest BCUT2D eigenvalue weighted by molar-refractivity contribution is -0.122. The van der Waals surface area contributed by atoms with Crippen molar-refractivity contribution in [3.8, 4) is 5.75 Å². The van der Waals surface area contributed by atoms with E-state index in [9.17, 15) is 4.79 Å². The van der Waals surface area contributed by atoms with Gasteiger partial charge in [-0.1, -0.05) is 59.8 Å². The predicted molar refractivity (Wildman–Crippen MR) is 107 cm³/mol. The van der Waals surface area contributed by atoms with Crippen molar-refractivity contribution in [3.63, 3.8) is 0 Å². The number of rotatable bonds is 6. The number of hydrogen-bond donors (Lipinski definition) is 1. The van der Waals surface area contributed by atoms with Gasteiger partial charge in [0.15, 0.2) is 6.10 Å². The second kappa shape index (κ2) is 8.79. The zero-order chi connectivity index (χ0) is 18.4. The van der Waals surface area contributed by atoms with Crippen molar-refractivity contribution < 1.29 is 9.53 Å². The van der Waals surface area contributed by atoms with E-state index in [-0.39, 0.29) is 5.91 Å². The first-order valence-corrected chi connectivity index (χ1v) is 9.36. The van der Waals surface area contributed by atoms with E-state index in [0.717, 1.165) is 15.5 Å². The Balaban J connectivity index is 1.69. The molecule has 3 aromatic rings. The fraction of sp³-hybridized carbons (Fsp3) is 0.0952. The second-order valence-corrected chi connectivity index (χ2v) is 7.17. The van der Waals surface area contributed by atoms with Gasteiger partial charge in [-0.15, -0.1) is 0 Å². The largest absolute Gasteiger partial charge is 0.481 e. The van der Waals surface area contributed by atoms with Gasteiger partial charge in [-0.3, -0.25) is 4.79 Å². The van der Waals surface area contributed by atoms with Gasteiger partial charge in [-0.05, 0) is 49.4 Å². The summed E-state index contributed by atoms with van der Waals surface area (Å²) in [6.07, 6.45) is -0.650. The van der Waals surface area contributed by atoms with E-state index in [1.165, 1.54) is 0 Å².